The minimum absolute atomic E-state index is 0.0742. The van der Waals surface area contributed by atoms with Gasteiger partial charge in [0, 0.05) is 21.7 Å². The highest BCUT2D eigenvalue weighted by Gasteiger charge is 2.18. The van der Waals surface area contributed by atoms with Crippen molar-refractivity contribution in [3.8, 4) is 23.0 Å². The zero-order chi connectivity index (χ0) is 25.9. The molecule has 5 rings (SSSR count). The third-order valence-corrected chi connectivity index (χ3v) is 6.18. The minimum Gasteiger partial charge on any atom is -0.489 e. The van der Waals surface area contributed by atoms with Crippen LogP contribution in [0.25, 0.3) is 11.0 Å². The number of aryl methyl sites for hydroxylation is 1. The molecule has 0 bridgehead atoms. The van der Waals surface area contributed by atoms with Crippen LogP contribution < -0.4 is 19.6 Å². The van der Waals surface area contributed by atoms with Crippen LogP contribution in [0.15, 0.2) is 68.3 Å². The number of esters is 1. The molecule has 0 spiro atoms. The highest BCUT2D eigenvalue weighted by Crippen LogP contribution is 2.33. The quantitative estimate of drug-likeness (QED) is 0.241. The van der Waals surface area contributed by atoms with Crippen molar-refractivity contribution in [2.75, 3.05) is 13.4 Å². The van der Waals surface area contributed by atoms with Crippen LogP contribution in [-0.2, 0) is 22.7 Å². The van der Waals surface area contributed by atoms with Gasteiger partial charge in [-0.15, -0.1) is 0 Å². The minimum atomic E-state index is -0.421. The van der Waals surface area contributed by atoms with Crippen LogP contribution in [0.4, 0.5) is 0 Å². The Labute approximate surface area is 220 Å². The molecule has 190 valence electrons. The zero-order valence-corrected chi connectivity index (χ0v) is 21.8. The first kappa shape index (κ1) is 24.9. The van der Waals surface area contributed by atoms with Crippen molar-refractivity contribution in [2.24, 2.45) is 0 Å². The van der Waals surface area contributed by atoms with Crippen LogP contribution in [0.5, 0.6) is 23.0 Å². The first-order valence-electron chi connectivity index (χ1n) is 11.6. The summed E-state index contributed by atoms with van der Waals surface area (Å²) in [5, 5.41) is 0.358. The van der Waals surface area contributed by atoms with Gasteiger partial charge in [0.25, 0.3) is 0 Å². The van der Waals surface area contributed by atoms with E-state index in [-0.39, 0.29) is 31.2 Å². The first-order valence-corrected chi connectivity index (χ1v) is 12.4. The average Bonchev–Trinajstić information content (AvgIpc) is 2.90. The fourth-order valence-electron chi connectivity index (χ4n) is 3.99. The molecule has 3 aromatic carbocycles. The summed E-state index contributed by atoms with van der Waals surface area (Å²) >= 11 is 3.51. The number of halogens is 1. The topological polar surface area (TPSA) is 93.4 Å². The third-order valence-electron chi connectivity index (χ3n) is 5.72. The molecule has 0 radical (unpaired) electrons. The molecule has 1 aliphatic rings. The van der Waals surface area contributed by atoms with E-state index in [4.69, 9.17) is 28.1 Å². The van der Waals surface area contributed by atoms with E-state index in [0.29, 0.717) is 40.4 Å². The smallest absolute Gasteiger partial charge is 0.338 e. The maximum Gasteiger partial charge on any atom is 0.338 e. The van der Waals surface area contributed by atoms with E-state index < -0.39 is 5.97 Å². The normalized spacial score (nSPS) is 12.5. The molecule has 4 aromatic rings. The summed E-state index contributed by atoms with van der Waals surface area (Å²) in [4.78, 5) is 25.0. The predicted octanol–water partition coefficient (Wildman–Crippen LogP) is 6.28. The fourth-order valence-corrected chi connectivity index (χ4v) is 4.55. The van der Waals surface area contributed by atoms with E-state index in [9.17, 15) is 9.59 Å². The molecule has 2 heterocycles. The molecule has 8 nitrogen and oxygen atoms in total. The van der Waals surface area contributed by atoms with Crippen LogP contribution in [0.3, 0.4) is 0 Å². The number of rotatable bonds is 7. The Morgan fingerprint density at radius 1 is 1.05 bits per heavy atom. The van der Waals surface area contributed by atoms with Gasteiger partial charge in [-0.3, -0.25) is 4.79 Å². The van der Waals surface area contributed by atoms with E-state index in [2.05, 4.69) is 15.9 Å². The number of hydrogen-bond donors (Lipinski definition) is 0. The van der Waals surface area contributed by atoms with Crippen molar-refractivity contribution in [1.29, 1.82) is 0 Å². The van der Waals surface area contributed by atoms with Gasteiger partial charge in [-0.05, 0) is 62.4 Å². The molecule has 37 heavy (non-hydrogen) atoms. The SMILES string of the molecule is CCOC(=O)c1ccc(Oc2c(C)oc3cc(OCc4cc(Br)cc5c4OCOC5)ccc3c2=O)cc1. The van der Waals surface area contributed by atoms with E-state index in [1.165, 1.54) is 0 Å². The van der Waals surface area contributed by atoms with E-state index in [0.717, 1.165) is 21.3 Å². The predicted molar refractivity (Wildman–Crippen MR) is 138 cm³/mol. The van der Waals surface area contributed by atoms with Crippen LogP contribution in [-0.4, -0.2) is 19.4 Å². The Bertz CT molecular complexity index is 1520. The summed E-state index contributed by atoms with van der Waals surface area (Å²) in [6, 6.07) is 15.3. The van der Waals surface area contributed by atoms with Gasteiger partial charge in [-0.25, -0.2) is 4.79 Å². The molecule has 0 saturated heterocycles. The van der Waals surface area contributed by atoms with Crippen molar-refractivity contribution in [2.45, 2.75) is 27.1 Å². The molecule has 0 fully saturated rings. The summed E-state index contributed by atoms with van der Waals surface area (Å²) in [5.74, 6) is 1.67. The Kier molecular flexibility index (Phi) is 7.16. The second-order valence-electron chi connectivity index (χ2n) is 8.27. The Morgan fingerprint density at radius 2 is 1.84 bits per heavy atom. The van der Waals surface area contributed by atoms with Gasteiger partial charge in [0.2, 0.25) is 11.2 Å². The summed E-state index contributed by atoms with van der Waals surface area (Å²) < 4.78 is 34.7. The van der Waals surface area contributed by atoms with Crippen molar-refractivity contribution in [1.82, 2.24) is 0 Å². The van der Waals surface area contributed by atoms with Gasteiger partial charge in [0.1, 0.15) is 35.2 Å². The highest BCUT2D eigenvalue weighted by molar-refractivity contribution is 9.10. The second kappa shape index (κ2) is 10.7. The highest BCUT2D eigenvalue weighted by atomic mass is 79.9. The number of ether oxygens (including phenoxy) is 5. The Morgan fingerprint density at radius 3 is 2.62 bits per heavy atom. The van der Waals surface area contributed by atoms with Gasteiger partial charge in [0.05, 0.1) is 24.2 Å². The molecular formula is C28H23BrO8. The molecular weight excluding hydrogens is 544 g/mol. The van der Waals surface area contributed by atoms with Crippen LogP contribution in [0.1, 0.15) is 34.2 Å². The van der Waals surface area contributed by atoms with Crippen molar-refractivity contribution in [3.63, 3.8) is 0 Å². The molecule has 0 atom stereocenters. The summed E-state index contributed by atoms with van der Waals surface area (Å²) in [5.41, 5.74) is 2.29. The van der Waals surface area contributed by atoms with Gasteiger partial charge in [0.15, 0.2) is 6.79 Å². The van der Waals surface area contributed by atoms with E-state index in [1.54, 1.807) is 56.3 Å². The largest absolute Gasteiger partial charge is 0.489 e. The monoisotopic (exact) mass is 566 g/mol. The van der Waals surface area contributed by atoms with Gasteiger partial charge < -0.3 is 28.1 Å². The molecule has 0 unspecified atom stereocenters. The number of carbonyl (C=O) groups is 1. The third kappa shape index (κ3) is 5.33. The summed E-state index contributed by atoms with van der Waals surface area (Å²) in [7, 11) is 0. The average molecular weight is 567 g/mol. The number of hydrogen-bond acceptors (Lipinski definition) is 8. The molecule has 0 amide bonds. The number of fused-ring (bicyclic) bond motifs is 2. The van der Waals surface area contributed by atoms with Crippen molar-refractivity contribution < 1.29 is 32.9 Å². The molecule has 0 saturated carbocycles. The van der Waals surface area contributed by atoms with E-state index in [1.807, 2.05) is 12.1 Å². The van der Waals surface area contributed by atoms with Crippen molar-refractivity contribution >= 4 is 32.9 Å². The lowest BCUT2D eigenvalue weighted by atomic mass is 10.1. The lowest BCUT2D eigenvalue weighted by molar-refractivity contribution is -0.0176. The molecule has 0 N–H and O–H groups in total. The van der Waals surface area contributed by atoms with Crippen LogP contribution in [0.2, 0.25) is 0 Å². The van der Waals surface area contributed by atoms with Gasteiger partial charge in [-0.1, -0.05) is 15.9 Å². The van der Waals surface area contributed by atoms with Gasteiger partial charge >= 0.3 is 5.97 Å². The number of benzene rings is 3. The second-order valence-corrected chi connectivity index (χ2v) is 9.19. The zero-order valence-electron chi connectivity index (χ0n) is 20.2. The van der Waals surface area contributed by atoms with Gasteiger partial charge in [-0.2, -0.15) is 0 Å². The maximum atomic E-state index is 13.2. The Hall–Kier alpha value is -3.82. The number of carbonyl (C=O) groups excluding carboxylic acids is 1. The fraction of sp³-hybridized carbons (Fsp3) is 0.214. The lowest BCUT2D eigenvalue weighted by Gasteiger charge is -2.21. The first-order chi connectivity index (χ1) is 17.9. The van der Waals surface area contributed by atoms with Crippen LogP contribution >= 0.6 is 15.9 Å². The molecule has 9 heteroatoms. The lowest BCUT2D eigenvalue weighted by Crippen LogP contribution is -2.14. The van der Waals surface area contributed by atoms with E-state index >= 15 is 0 Å². The van der Waals surface area contributed by atoms with Crippen molar-refractivity contribution in [3.05, 3.63) is 91.7 Å². The molecule has 1 aliphatic heterocycles. The Balaban J connectivity index is 1.36. The summed E-state index contributed by atoms with van der Waals surface area (Å²) in [6.07, 6.45) is 0. The maximum absolute atomic E-state index is 13.2. The summed E-state index contributed by atoms with van der Waals surface area (Å²) in [6.45, 7) is 4.62. The molecule has 0 aliphatic carbocycles. The van der Waals surface area contributed by atoms with Crippen LogP contribution in [0, 0.1) is 6.92 Å². The standard InChI is InChI=1S/C28H23BrO8/c1-3-33-28(31)17-4-6-21(7-5-17)37-26-16(2)36-24-12-22(8-9-23(24)25(26)30)34-14-19-11-20(29)10-18-13-32-15-35-27(18)19/h4-12H,3,13-15H2,1-2H3. The molecule has 1 aromatic heterocycles.